The molecule has 0 unspecified atom stereocenters. The van der Waals surface area contributed by atoms with Crippen molar-refractivity contribution in [2.45, 2.75) is 51.9 Å². The van der Waals surface area contributed by atoms with Gasteiger partial charge in [-0.05, 0) is 86.8 Å². The molecule has 1 heterocycles. The van der Waals surface area contributed by atoms with E-state index in [1.54, 1.807) is 11.3 Å². The SMILES string of the molecule is Cc1nc2ccc(NC(=O)CC34CC5CC(CC(C5)C3)C4)cc2s1. The highest BCUT2D eigenvalue weighted by molar-refractivity contribution is 7.18. The lowest BCUT2D eigenvalue weighted by molar-refractivity contribution is -0.124. The number of nitrogens with one attached hydrogen (secondary N) is 1. The third kappa shape index (κ3) is 2.55. The van der Waals surface area contributed by atoms with Crippen LogP contribution in [0.5, 0.6) is 0 Å². The number of amides is 1. The summed E-state index contributed by atoms with van der Waals surface area (Å²) >= 11 is 1.69. The highest BCUT2D eigenvalue weighted by atomic mass is 32.1. The predicted molar refractivity (Wildman–Crippen MR) is 98.2 cm³/mol. The van der Waals surface area contributed by atoms with Crippen LogP contribution in [0.25, 0.3) is 10.2 Å². The molecule has 3 nitrogen and oxygen atoms in total. The third-order valence-corrected chi connectivity index (χ3v) is 7.41. The summed E-state index contributed by atoms with van der Waals surface area (Å²) in [5.41, 5.74) is 2.25. The van der Waals surface area contributed by atoms with Gasteiger partial charge < -0.3 is 5.32 Å². The fraction of sp³-hybridized carbons (Fsp3) is 0.600. The van der Waals surface area contributed by atoms with Gasteiger partial charge in [0.15, 0.2) is 0 Å². The average Bonchev–Trinajstić information content (AvgIpc) is 2.84. The van der Waals surface area contributed by atoms with E-state index in [4.69, 9.17) is 0 Å². The van der Waals surface area contributed by atoms with Gasteiger partial charge in [0.1, 0.15) is 0 Å². The highest BCUT2D eigenvalue weighted by Crippen LogP contribution is 2.61. The standard InChI is InChI=1S/C20H24N2OS/c1-12-21-17-3-2-16(7-18(17)24-12)22-19(23)11-20-8-13-4-14(9-20)6-15(5-13)10-20/h2-3,7,13-15H,4-6,8-11H2,1H3,(H,22,23). The lowest BCUT2D eigenvalue weighted by atomic mass is 9.49. The van der Waals surface area contributed by atoms with E-state index in [2.05, 4.69) is 16.4 Å². The summed E-state index contributed by atoms with van der Waals surface area (Å²) in [4.78, 5) is 17.2. The molecule has 4 fully saturated rings. The Kier molecular flexibility index (Phi) is 3.28. The second-order valence-corrected chi connectivity index (χ2v) is 9.79. The van der Waals surface area contributed by atoms with E-state index in [0.717, 1.165) is 45.1 Å². The van der Waals surface area contributed by atoms with Gasteiger partial charge in [-0.15, -0.1) is 11.3 Å². The van der Waals surface area contributed by atoms with E-state index < -0.39 is 0 Å². The maximum absolute atomic E-state index is 12.7. The second kappa shape index (κ2) is 5.29. The molecule has 24 heavy (non-hydrogen) atoms. The van der Waals surface area contributed by atoms with Crippen LogP contribution in [0, 0.1) is 30.1 Å². The first kappa shape index (κ1) is 14.9. The quantitative estimate of drug-likeness (QED) is 0.839. The molecule has 4 saturated carbocycles. The van der Waals surface area contributed by atoms with Gasteiger partial charge in [0, 0.05) is 12.1 Å². The molecule has 0 radical (unpaired) electrons. The molecule has 0 spiro atoms. The van der Waals surface area contributed by atoms with Gasteiger partial charge >= 0.3 is 0 Å². The topological polar surface area (TPSA) is 42.0 Å². The van der Waals surface area contributed by atoms with Gasteiger partial charge in [0.05, 0.1) is 15.2 Å². The van der Waals surface area contributed by atoms with Crippen molar-refractivity contribution in [3.05, 3.63) is 23.2 Å². The van der Waals surface area contributed by atoms with E-state index in [9.17, 15) is 4.79 Å². The molecule has 1 N–H and O–H groups in total. The molecule has 1 aromatic carbocycles. The maximum Gasteiger partial charge on any atom is 0.224 e. The third-order valence-electron chi connectivity index (χ3n) is 6.48. The zero-order valence-electron chi connectivity index (χ0n) is 14.2. The van der Waals surface area contributed by atoms with Gasteiger partial charge in [0.2, 0.25) is 5.91 Å². The first-order valence-electron chi connectivity index (χ1n) is 9.24. The molecule has 4 aliphatic carbocycles. The monoisotopic (exact) mass is 340 g/mol. The number of rotatable bonds is 3. The number of thiazole rings is 1. The summed E-state index contributed by atoms with van der Waals surface area (Å²) in [5, 5.41) is 4.23. The molecule has 2 aromatic rings. The average molecular weight is 340 g/mol. The fourth-order valence-corrected chi connectivity index (χ4v) is 7.04. The summed E-state index contributed by atoms with van der Waals surface area (Å²) in [6.45, 7) is 2.02. The Balaban J connectivity index is 1.31. The van der Waals surface area contributed by atoms with Gasteiger partial charge in [-0.25, -0.2) is 4.98 Å². The van der Waals surface area contributed by atoms with Crippen LogP contribution in [-0.4, -0.2) is 10.9 Å². The van der Waals surface area contributed by atoms with Crippen molar-refractivity contribution in [1.82, 2.24) is 4.98 Å². The summed E-state index contributed by atoms with van der Waals surface area (Å²) in [5.74, 6) is 2.92. The first-order chi connectivity index (χ1) is 11.6. The highest BCUT2D eigenvalue weighted by Gasteiger charge is 2.51. The number of carbonyl (C=O) groups excluding carboxylic acids is 1. The smallest absolute Gasteiger partial charge is 0.224 e. The van der Waals surface area contributed by atoms with E-state index in [0.29, 0.717) is 5.41 Å². The zero-order chi connectivity index (χ0) is 16.3. The number of benzene rings is 1. The fourth-order valence-electron chi connectivity index (χ4n) is 6.17. The van der Waals surface area contributed by atoms with Crippen LogP contribution in [0.15, 0.2) is 18.2 Å². The summed E-state index contributed by atoms with van der Waals surface area (Å²) in [6, 6.07) is 6.07. The van der Waals surface area contributed by atoms with Crippen LogP contribution in [0.1, 0.15) is 50.0 Å². The minimum absolute atomic E-state index is 0.206. The van der Waals surface area contributed by atoms with Gasteiger partial charge in [-0.1, -0.05) is 0 Å². The van der Waals surface area contributed by atoms with Crippen molar-refractivity contribution in [2.75, 3.05) is 5.32 Å². The van der Waals surface area contributed by atoms with Crippen LogP contribution in [0.4, 0.5) is 5.69 Å². The number of aromatic nitrogens is 1. The van der Waals surface area contributed by atoms with Gasteiger partial charge in [0.25, 0.3) is 0 Å². The van der Waals surface area contributed by atoms with Crippen molar-refractivity contribution in [1.29, 1.82) is 0 Å². The Morgan fingerprint density at radius 1 is 1.21 bits per heavy atom. The molecule has 4 heteroatoms. The molecule has 4 aliphatic rings. The number of carbonyl (C=O) groups is 1. The molecule has 0 atom stereocenters. The minimum atomic E-state index is 0.206. The Morgan fingerprint density at radius 3 is 2.54 bits per heavy atom. The van der Waals surface area contributed by atoms with Crippen LogP contribution in [0.2, 0.25) is 0 Å². The van der Waals surface area contributed by atoms with Gasteiger partial charge in [-0.2, -0.15) is 0 Å². The second-order valence-electron chi connectivity index (χ2n) is 8.56. The zero-order valence-corrected chi connectivity index (χ0v) is 15.0. The van der Waals surface area contributed by atoms with Crippen LogP contribution >= 0.6 is 11.3 Å². The van der Waals surface area contributed by atoms with Crippen molar-refractivity contribution in [2.24, 2.45) is 23.2 Å². The largest absolute Gasteiger partial charge is 0.326 e. The normalized spacial score (nSPS) is 34.0. The van der Waals surface area contributed by atoms with Crippen molar-refractivity contribution < 1.29 is 4.79 Å². The van der Waals surface area contributed by atoms with Crippen LogP contribution < -0.4 is 5.32 Å². The maximum atomic E-state index is 12.7. The number of aryl methyl sites for hydroxylation is 1. The first-order valence-corrected chi connectivity index (χ1v) is 10.1. The Morgan fingerprint density at radius 2 is 1.88 bits per heavy atom. The Labute approximate surface area is 146 Å². The minimum Gasteiger partial charge on any atom is -0.326 e. The van der Waals surface area contributed by atoms with Crippen molar-refractivity contribution in [3.8, 4) is 0 Å². The molecule has 6 rings (SSSR count). The molecule has 0 saturated heterocycles. The van der Waals surface area contributed by atoms with E-state index in [-0.39, 0.29) is 5.91 Å². The number of anilines is 1. The molecule has 1 aromatic heterocycles. The number of hydrogen-bond donors (Lipinski definition) is 1. The summed E-state index contributed by atoms with van der Waals surface area (Å²) in [7, 11) is 0. The van der Waals surface area contributed by atoms with Crippen molar-refractivity contribution >= 4 is 33.1 Å². The van der Waals surface area contributed by atoms with E-state index in [1.807, 2.05) is 19.1 Å². The number of nitrogens with zero attached hydrogens (tertiary/aromatic N) is 1. The summed E-state index contributed by atoms with van der Waals surface area (Å²) in [6.07, 6.45) is 8.89. The van der Waals surface area contributed by atoms with Gasteiger partial charge in [-0.3, -0.25) is 4.79 Å². The van der Waals surface area contributed by atoms with E-state index >= 15 is 0 Å². The molecule has 1 amide bonds. The Hall–Kier alpha value is -1.42. The lowest BCUT2D eigenvalue weighted by Crippen LogP contribution is -2.47. The molecule has 0 aliphatic heterocycles. The molecule has 4 bridgehead atoms. The lowest BCUT2D eigenvalue weighted by Gasteiger charge is -2.56. The van der Waals surface area contributed by atoms with Crippen LogP contribution in [0.3, 0.4) is 0 Å². The molecular formula is C20H24N2OS. The Bertz CT molecular complexity index is 774. The molecular weight excluding hydrogens is 316 g/mol. The predicted octanol–water partition coefficient (Wildman–Crippen LogP) is 5.15. The summed E-state index contributed by atoms with van der Waals surface area (Å²) < 4.78 is 1.15. The number of fused-ring (bicyclic) bond motifs is 1. The number of hydrogen-bond acceptors (Lipinski definition) is 3. The van der Waals surface area contributed by atoms with Crippen molar-refractivity contribution in [3.63, 3.8) is 0 Å². The van der Waals surface area contributed by atoms with Crippen LogP contribution in [-0.2, 0) is 4.79 Å². The molecule has 126 valence electrons. The van der Waals surface area contributed by atoms with E-state index in [1.165, 1.54) is 38.5 Å².